The van der Waals surface area contributed by atoms with Gasteiger partial charge in [0.25, 0.3) is 5.91 Å². The van der Waals surface area contributed by atoms with Crippen LogP contribution in [0, 0.1) is 0 Å². The number of methoxy groups -OCH3 is 1. The van der Waals surface area contributed by atoms with Gasteiger partial charge in [-0.05, 0) is 38.0 Å². The van der Waals surface area contributed by atoms with Gasteiger partial charge >= 0.3 is 0 Å². The standard InChI is InChI=1S/C13H18N2O2/c1-9-4-3-7-15(9)13(16)11-8-10(17-2)5-6-12(11)14/h5-6,8-9H,3-4,7,14H2,1-2H3. The minimum absolute atomic E-state index is 0.00593. The number of likely N-dealkylation sites (tertiary alicyclic amines) is 1. The Hall–Kier alpha value is -1.71. The number of hydrogen-bond donors (Lipinski definition) is 1. The van der Waals surface area contributed by atoms with E-state index in [1.54, 1.807) is 25.3 Å². The molecule has 1 saturated heterocycles. The number of nitrogens with zero attached hydrogens (tertiary/aromatic N) is 1. The highest BCUT2D eigenvalue weighted by atomic mass is 16.5. The molecule has 1 heterocycles. The van der Waals surface area contributed by atoms with Crippen LogP contribution in [-0.4, -0.2) is 30.5 Å². The van der Waals surface area contributed by atoms with Crippen LogP contribution < -0.4 is 10.5 Å². The van der Waals surface area contributed by atoms with Gasteiger partial charge in [0.2, 0.25) is 0 Å². The minimum Gasteiger partial charge on any atom is -0.497 e. The van der Waals surface area contributed by atoms with E-state index >= 15 is 0 Å². The molecule has 4 nitrogen and oxygen atoms in total. The number of anilines is 1. The smallest absolute Gasteiger partial charge is 0.256 e. The largest absolute Gasteiger partial charge is 0.497 e. The third kappa shape index (κ3) is 2.20. The first-order valence-corrected chi connectivity index (χ1v) is 5.88. The molecule has 17 heavy (non-hydrogen) atoms. The van der Waals surface area contributed by atoms with Gasteiger partial charge in [0.15, 0.2) is 0 Å². The molecular formula is C13H18N2O2. The molecule has 1 amide bonds. The van der Waals surface area contributed by atoms with Crippen molar-refractivity contribution in [2.24, 2.45) is 0 Å². The van der Waals surface area contributed by atoms with Crippen LogP contribution in [0.5, 0.6) is 5.75 Å². The van der Waals surface area contributed by atoms with Crippen molar-refractivity contribution in [1.82, 2.24) is 4.90 Å². The van der Waals surface area contributed by atoms with E-state index in [1.165, 1.54) is 0 Å². The number of carbonyl (C=O) groups is 1. The van der Waals surface area contributed by atoms with Gasteiger partial charge in [-0.25, -0.2) is 0 Å². The molecule has 0 spiro atoms. The number of amides is 1. The highest BCUT2D eigenvalue weighted by Gasteiger charge is 2.27. The van der Waals surface area contributed by atoms with Gasteiger partial charge in [-0.3, -0.25) is 4.79 Å². The molecule has 0 saturated carbocycles. The highest BCUT2D eigenvalue weighted by Crippen LogP contribution is 2.25. The van der Waals surface area contributed by atoms with Gasteiger partial charge in [0.05, 0.1) is 12.7 Å². The Bertz CT molecular complexity index is 431. The lowest BCUT2D eigenvalue weighted by Gasteiger charge is -2.22. The number of nitrogen functional groups attached to an aromatic ring is 1. The number of ether oxygens (including phenoxy) is 1. The average Bonchev–Trinajstić information content (AvgIpc) is 2.75. The van der Waals surface area contributed by atoms with Crippen LogP contribution in [0.15, 0.2) is 18.2 Å². The fourth-order valence-electron chi connectivity index (χ4n) is 2.24. The molecule has 4 heteroatoms. The lowest BCUT2D eigenvalue weighted by Crippen LogP contribution is -2.34. The second-order valence-electron chi connectivity index (χ2n) is 4.44. The predicted octanol–water partition coefficient (Wildman–Crippen LogP) is 1.90. The molecule has 92 valence electrons. The van der Waals surface area contributed by atoms with Gasteiger partial charge in [0.1, 0.15) is 5.75 Å². The first-order chi connectivity index (χ1) is 8.13. The van der Waals surface area contributed by atoms with E-state index in [4.69, 9.17) is 10.5 Å². The average molecular weight is 234 g/mol. The van der Waals surface area contributed by atoms with E-state index < -0.39 is 0 Å². The second-order valence-corrected chi connectivity index (χ2v) is 4.44. The summed E-state index contributed by atoms with van der Waals surface area (Å²) in [5, 5.41) is 0. The topological polar surface area (TPSA) is 55.6 Å². The summed E-state index contributed by atoms with van der Waals surface area (Å²) >= 11 is 0. The third-order valence-electron chi connectivity index (χ3n) is 3.30. The van der Waals surface area contributed by atoms with Crippen LogP contribution in [0.4, 0.5) is 5.69 Å². The molecule has 1 atom stereocenters. The number of hydrogen-bond acceptors (Lipinski definition) is 3. The van der Waals surface area contributed by atoms with E-state index in [0.29, 0.717) is 23.0 Å². The van der Waals surface area contributed by atoms with Crippen molar-refractivity contribution in [3.05, 3.63) is 23.8 Å². The van der Waals surface area contributed by atoms with Gasteiger partial charge in [-0.15, -0.1) is 0 Å². The summed E-state index contributed by atoms with van der Waals surface area (Å²) in [5.41, 5.74) is 6.90. The summed E-state index contributed by atoms with van der Waals surface area (Å²) in [5.74, 6) is 0.667. The Labute approximate surface area is 101 Å². The number of rotatable bonds is 2. The van der Waals surface area contributed by atoms with Crippen LogP contribution in [-0.2, 0) is 0 Å². The highest BCUT2D eigenvalue weighted by molar-refractivity contribution is 5.99. The zero-order chi connectivity index (χ0) is 12.4. The lowest BCUT2D eigenvalue weighted by atomic mass is 10.1. The molecule has 2 rings (SSSR count). The maximum atomic E-state index is 12.3. The van der Waals surface area contributed by atoms with E-state index in [-0.39, 0.29) is 5.91 Å². The van der Waals surface area contributed by atoms with Crippen LogP contribution in [0.2, 0.25) is 0 Å². The minimum atomic E-state index is 0.00593. The fourth-order valence-corrected chi connectivity index (χ4v) is 2.24. The summed E-state index contributed by atoms with van der Waals surface area (Å²) < 4.78 is 5.12. The van der Waals surface area contributed by atoms with Gasteiger partial charge in [-0.2, -0.15) is 0 Å². The van der Waals surface area contributed by atoms with Crippen LogP contribution >= 0.6 is 0 Å². The summed E-state index contributed by atoms with van der Waals surface area (Å²) in [4.78, 5) is 14.2. The van der Waals surface area contributed by atoms with Crippen molar-refractivity contribution in [2.45, 2.75) is 25.8 Å². The molecule has 1 aliphatic rings. The molecule has 1 aromatic carbocycles. The van der Waals surface area contributed by atoms with Crippen molar-refractivity contribution in [3.8, 4) is 5.75 Å². The summed E-state index contributed by atoms with van der Waals surface area (Å²) in [7, 11) is 1.58. The molecule has 1 aromatic rings. The van der Waals surface area contributed by atoms with E-state index in [9.17, 15) is 4.79 Å². The monoisotopic (exact) mass is 234 g/mol. The Morgan fingerprint density at radius 2 is 2.29 bits per heavy atom. The van der Waals surface area contributed by atoms with Crippen molar-refractivity contribution in [3.63, 3.8) is 0 Å². The molecule has 0 aliphatic carbocycles. The molecule has 0 aromatic heterocycles. The number of carbonyl (C=O) groups excluding carboxylic acids is 1. The molecule has 1 fully saturated rings. The van der Waals surface area contributed by atoms with Crippen LogP contribution in [0.3, 0.4) is 0 Å². The first kappa shape index (κ1) is 11.8. The van der Waals surface area contributed by atoms with E-state index in [2.05, 4.69) is 6.92 Å². The molecule has 1 unspecified atom stereocenters. The lowest BCUT2D eigenvalue weighted by molar-refractivity contribution is 0.0748. The Kier molecular flexibility index (Phi) is 3.22. The molecule has 0 bridgehead atoms. The summed E-state index contributed by atoms with van der Waals surface area (Å²) in [6.45, 7) is 2.89. The van der Waals surface area contributed by atoms with Crippen LogP contribution in [0.1, 0.15) is 30.1 Å². The quantitative estimate of drug-likeness (QED) is 0.795. The second kappa shape index (κ2) is 4.65. The number of benzene rings is 1. The maximum Gasteiger partial charge on any atom is 0.256 e. The van der Waals surface area contributed by atoms with E-state index in [0.717, 1.165) is 19.4 Å². The normalized spacial score (nSPS) is 19.4. The van der Waals surface area contributed by atoms with Gasteiger partial charge in [0, 0.05) is 18.3 Å². The van der Waals surface area contributed by atoms with Gasteiger partial charge in [-0.1, -0.05) is 0 Å². The third-order valence-corrected chi connectivity index (χ3v) is 3.30. The molecular weight excluding hydrogens is 216 g/mol. The van der Waals surface area contributed by atoms with Crippen molar-refractivity contribution in [2.75, 3.05) is 19.4 Å². The SMILES string of the molecule is COc1ccc(N)c(C(=O)N2CCCC2C)c1. The van der Waals surface area contributed by atoms with E-state index in [1.807, 2.05) is 4.90 Å². The molecule has 2 N–H and O–H groups in total. The zero-order valence-electron chi connectivity index (χ0n) is 10.3. The first-order valence-electron chi connectivity index (χ1n) is 5.88. The summed E-state index contributed by atoms with van der Waals surface area (Å²) in [6, 6.07) is 5.49. The number of nitrogens with two attached hydrogens (primary N) is 1. The molecule has 1 aliphatic heterocycles. The molecule has 0 radical (unpaired) electrons. The zero-order valence-corrected chi connectivity index (χ0v) is 10.3. The fraction of sp³-hybridized carbons (Fsp3) is 0.462. The Morgan fingerprint density at radius 3 is 2.88 bits per heavy atom. The maximum absolute atomic E-state index is 12.3. The predicted molar refractivity (Wildman–Crippen MR) is 67.1 cm³/mol. The van der Waals surface area contributed by atoms with Gasteiger partial charge < -0.3 is 15.4 Å². The Balaban J connectivity index is 2.29. The van der Waals surface area contributed by atoms with Crippen molar-refractivity contribution in [1.29, 1.82) is 0 Å². The Morgan fingerprint density at radius 1 is 1.53 bits per heavy atom. The summed E-state index contributed by atoms with van der Waals surface area (Å²) in [6.07, 6.45) is 2.13. The van der Waals surface area contributed by atoms with Crippen molar-refractivity contribution < 1.29 is 9.53 Å². The van der Waals surface area contributed by atoms with Crippen LogP contribution in [0.25, 0.3) is 0 Å². The van der Waals surface area contributed by atoms with Crippen molar-refractivity contribution >= 4 is 11.6 Å².